The van der Waals surface area contributed by atoms with Crippen LogP contribution in [0.2, 0.25) is 0 Å². The molecule has 0 N–H and O–H groups in total. The molecule has 3 rings (SSSR count). The summed E-state index contributed by atoms with van der Waals surface area (Å²) in [7, 11) is -1.88. The highest BCUT2D eigenvalue weighted by molar-refractivity contribution is 7.88. The number of aromatic nitrogens is 2. The Morgan fingerprint density at radius 3 is 2.58 bits per heavy atom. The molecule has 0 amide bonds. The van der Waals surface area contributed by atoms with E-state index in [2.05, 4.69) is 9.97 Å². The quantitative estimate of drug-likeness (QED) is 0.716. The van der Waals surface area contributed by atoms with Crippen molar-refractivity contribution in [3.05, 3.63) is 71.7 Å². The molecule has 0 aliphatic carbocycles. The van der Waals surface area contributed by atoms with Crippen molar-refractivity contribution in [1.29, 1.82) is 0 Å². The standard InChI is InChI=1S/C18H19N3O2S/c1-14-8-9-17(20-11-14)12-21(2)24(22,23)13-16-6-3-5-15-7-4-10-19-18(15)16/h3-11H,12-13H2,1-2H3. The molecule has 24 heavy (non-hydrogen) atoms. The fraction of sp³-hybridized carbons (Fsp3) is 0.222. The maximum atomic E-state index is 12.7. The summed E-state index contributed by atoms with van der Waals surface area (Å²) in [5, 5.41) is 0.938. The van der Waals surface area contributed by atoms with Gasteiger partial charge in [0.1, 0.15) is 0 Å². The van der Waals surface area contributed by atoms with Gasteiger partial charge in [0.25, 0.3) is 0 Å². The Labute approximate surface area is 142 Å². The zero-order valence-corrected chi connectivity index (χ0v) is 14.5. The minimum Gasteiger partial charge on any atom is -0.260 e. The minimum atomic E-state index is -3.46. The van der Waals surface area contributed by atoms with Gasteiger partial charge in [-0.2, -0.15) is 4.31 Å². The number of nitrogens with zero attached hydrogens (tertiary/aromatic N) is 3. The molecule has 3 aromatic rings. The largest absolute Gasteiger partial charge is 0.260 e. The lowest BCUT2D eigenvalue weighted by Crippen LogP contribution is -2.28. The number of hydrogen-bond acceptors (Lipinski definition) is 4. The molecule has 0 fully saturated rings. The van der Waals surface area contributed by atoms with Crippen molar-refractivity contribution in [2.24, 2.45) is 0 Å². The van der Waals surface area contributed by atoms with Gasteiger partial charge >= 0.3 is 0 Å². The molecule has 0 aliphatic rings. The van der Waals surface area contributed by atoms with Crippen molar-refractivity contribution in [3.8, 4) is 0 Å². The summed E-state index contributed by atoms with van der Waals surface area (Å²) in [4.78, 5) is 8.59. The second kappa shape index (κ2) is 6.67. The topological polar surface area (TPSA) is 63.2 Å². The van der Waals surface area contributed by atoms with Gasteiger partial charge in [0.05, 0.1) is 23.5 Å². The first kappa shape index (κ1) is 16.5. The predicted octanol–water partition coefficient (Wildman–Crippen LogP) is 2.90. The first-order valence-electron chi connectivity index (χ1n) is 7.64. The summed E-state index contributed by atoms with van der Waals surface area (Å²) < 4.78 is 26.7. The van der Waals surface area contributed by atoms with Crippen LogP contribution in [0.5, 0.6) is 0 Å². The second-order valence-corrected chi connectivity index (χ2v) is 7.91. The molecule has 5 nitrogen and oxygen atoms in total. The monoisotopic (exact) mass is 341 g/mol. The molecule has 0 saturated heterocycles. The Kier molecular flexibility index (Phi) is 4.59. The number of aryl methyl sites for hydroxylation is 1. The van der Waals surface area contributed by atoms with Crippen molar-refractivity contribution in [1.82, 2.24) is 14.3 Å². The summed E-state index contributed by atoms with van der Waals surface area (Å²) >= 11 is 0. The van der Waals surface area contributed by atoms with Crippen LogP contribution in [0.3, 0.4) is 0 Å². The second-order valence-electron chi connectivity index (χ2n) is 5.83. The van der Waals surface area contributed by atoms with Gasteiger partial charge in [-0.15, -0.1) is 0 Å². The van der Waals surface area contributed by atoms with Crippen molar-refractivity contribution < 1.29 is 8.42 Å². The summed E-state index contributed by atoms with van der Waals surface area (Å²) in [5.74, 6) is -0.0796. The van der Waals surface area contributed by atoms with E-state index in [-0.39, 0.29) is 12.3 Å². The van der Waals surface area contributed by atoms with Crippen LogP contribution < -0.4 is 0 Å². The fourth-order valence-electron chi connectivity index (χ4n) is 2.51. The van der Waals surface area contributed by atoms with E-state index in [4.69, 9.17) is 0 Å². The fourth-order valence-corrected chi connectivity index (χ4v) is 3.68. The normalized spacial score (nSPS) is 12.0. The lowest BCUT2D eigenvalue weighted by atomic mass is 10.1. The molecule has 2 heterocycles. The average Bonchev–Trinajstić information content (AvgIpc) is 2.57. The van der Waals surface area contributed by atoms with Crippen LogP contribution in [0.1, 0.15) is 16.8 Å². The molecule has 0 spiro atoms. The molecule has 6 heteroatoms. The molecular weight excluding hydrogens is 322 g/mol. The zero-order chi connectivity index (χ0) is 17.2. The first-order valence-corrected chi connectivity index (χ1v) is 9.25. The number of fused-ring (bicyclic) bond motifs is 1. The summed E-state index contributed by atoms with van der Waals surface area (Å²) in [6, 6.07) is 13.1. The molecule has 0 unspecified atom stereocenters. The molecular formula is C18H19N3O2S. The third kappa shape index (κ3) is 3.60. The number of para-hydroxylation sites is 1. The van der Waals surface area contributed by atoms with E-state index in [1.807, 2.05) is 49.4 Å². The van der Waals surface area contributed by atoms with Crippen LogP contribution in [-0.4, -0.2) is 29.7 Å². The average molecular weight is 341 g/mol. The van der Waals surface area contributed by atoms with Gasteiger partial charge in [-0.25, -0.2) is 8.42 Å². The van der Waals surface area contributed by atoms with Crippen molar-refractivity contribution >= 4 is 20.9 Å². The highest BCUT2D eigenvalue weighted by Crippen LogP contribution is 2.20. The lowest BCUT2D eigenvalue weighted by molar-refractivity contribution is 0.461. The molecule has 0 saturated carbocycles. The molecule has 1 aromatic carbocycles. The van der Waals surface area contributed by atoms with Crippen LogP contribution in [0.15, 0.2) is 54.9 Å². The number of hydrogen-bond donors (Lipinski definition) is 0. The van der Waals surface area contributed by atoms with E-state index >= 15 is 0 Å². The molecule has 0 bridgehead atoms. The molecule has 0 atom stereocenters. The van der Waals surface area contributed by atoms with Crippen LogP contribution >= 0.6 is 0 Å². The van der Waals surface area contributed by atoms with E-state index in [9.17, 15) is 8.42 Å². The Hall–Kier alpha value is -2.31. The molecule has 0 radical (unpaired) electrons. The van der Waals surface area contributed by atoms with Crippen LogP contribution in [0.4, 0.5) is 0 Å². The van der Waals surface area contributed by atoms with E-state index < -0.39 is 10.0 Å². The highest BCUT2D eigenvalue weighted by Gasteiger charge is 2.20. The van der Waals surface area contributed by atoms with Crippen LogP contribution in [0, 0.1) is 6.92 Å². The van der Waals surface area contributed by atoms with Gasteiger partial charge in [-0.3, -0.25) is 9.97 Å². The molecule has 2 aromatic heterocycles. The number of sulfonamides is 1. The number of benzene rings is 1. The number of rotatable bonds is 5. The maximum absolute atomic E-state index is 12.7. The van der Waals surface area contributed by atoms with E-state index in [1.54, 1.807) is 19.4 Å². The van der Waals surface area contributed by atoms with E-state index in [1.165, 1.54) is 4.31 Å². The van der Waals surface area contributed by atoms with Gasteiger partial charge in [0, 0.05) is 24.8 Å². The SMILES string of the molecule is Cc1ccc(CN(C)S(=O)(=O)Cc2cccc3cccnc23)nc1. The Morgan fingerprint density at radius 1 is 1.04 bits per heavy atom. The Bertz CT molecular complexity index is 948. The maximum Gasteiger partial charge on any atom is 0.218 e. The first-order chi connectivity index (χ1) is 11.5. The Morgan fingerprint density at radius 2 is 1.83 bits per heavy atom. The van der Waals surface area contributed by atoms with Gasteiger partial charge < -0.3 is 0 Å². The third-order valence-electron chi connectivity index (χ3n) is 3.89. The summed E-state index contributed by atoms with van der Waals surface area (Å²) in [5.41, 5.74) is 3.20. The van der Waals surface area contributed by atoms with Crippen LogP contribution in [0.25, 0.3) is 10.9 Å². The Balaban J connectivity index is 1.83. The van der Waals surface area contributed by atoms with Gasteiger partial charge in [0.15, 0.2) is 0 Å². The van der Waals surface area contributed by atoms with Crippen molar-refractivity contribution in [3.63, 3.8) is 0 Å². The third-order valence-corrected chi connectivity index (χ3v) is 5.64. The predicted molar refractivity (Wildman–Crippen MR) is 94.8 cm³/mol. The zero-order valence-electron chi connectivity index (χ0n) is 13.7. The lowest BCUT2D eigenvalue weighted by Gasteiger charge is -2.17. The smallest absolute Gasteiger partial charge is 0.218 e. The molecule has 124 valence electrons. The molecule has 0 aliphatic heterocycles. The van der Waals surface area contributed by atoms with Gasteiger partial charge in [0.2, 0.25) is 10.0 Å². The van der Waals surface area contributed by atoms with Crippen molar-refractivity contribution in [2.75, 3.05) is 7.05 Å². The van der Waals surface area contributed by atoms with E-state index in [0.29, 0.717) is 5.56 Å². The van der Waals surface area contributed by atoms with Crippen molar-refractivity contribution in [2.45, 2.75) is 19.2 Å². The van der Waals surface area contributed by atoms with Gasteiger partial charge in [-0.1, -0.05) is 30.3 Å². The summed E-state index contributed by atoms with van der Waals surface area (Å²) in [6.07, 6.45) is 3.42. The number of pyridine rings is 2. The summed E-state index contributed by atoms with van der Waals surface area (Å²) in [6.45, 7) is 2.20. The highest BCUT2D eigenvalue weighted by atomic mass is 32.2. The van der Waals surface area contributed by atoms with E-state index in [0.717, 1.165) is 22.2 Å². The van der Waals surface area contributed by atoms with Crippen LogP contribution in [-0.2, 0) is 22.3 Å². The minimum absolute atomic E-state index is 0.0796. The van der Waals surface area contributed by atoms with Gasteiger partial charge in [-0.05, 0) is 30.2 Å².